The van der Waals surface area contributed by atoms with Crippen LogP contribution < -0.4 is 4.74 Å². The van der Waals surface area contributed by atoms with E-state index in [9.17, 15) is 5.11 Å². The van der Waals surface area contributed by atoms with Crippen LogP contribution in [0.15, 0.2) is 18.2 Å². The van der Waals surface area contributed by atoms with Gasteiger partial charge in [0.1, 0.15) is 5.75 Å². The normalized spacial score (nSPS) is 17.9. The molecule has 2 rings (SSSR count). The third-order valence-electron chi connectivity index (χ3n) is 3.07. The van der Waals surface area contributed by atoms with Crippen LogP contribution in [0.25, 0.3) is 0 Å². The van der Waals surface area contributed by atoms with E-state index in [4.69, 9.17) is 4.74 Å². The second kappa shape index (κ2) is 5.75. The van der Waals surface area contributed by atoms with Crippen molar-refractivity contribution >= 4 is 0 Å². The Morgan fingerprint density at radius 3 is 3.18 bits per heavy atom. The van der Waals surface area contributed by atoms with E-state index in [0.717, 1.165) is 37.0 Å². The van der Waals surface area contributed by atoms with E-state index in [1.54, 1.807) is 0 Å². The molecule has 1 atom stereocenters. The van der Waals surface area contributed by atoms with Crippen molar-refractivity contribution < 1.29 is 9.84 Å². The van der Waals surface area contributed by atoms with Crippen LogP contribution >= 0.6 is 0 Å². The van der Waals surface area contributed by atoms with Gasteiger partial charge in [0.15, 0.2) is 0 Å². The van der Waals surface area contributed by atoms with Crippen LogP contribution in [0.4, 0.5) is 0 Å². The molecule has 1 aromatic carbocycles. The molecule has 17 heavy (non-hydrogen) atoms. The van der Waals surface area contributed by atoms with Crippen LogP contribution in [0, 0.1) is 11.8 Å². The Hall–Kier alpha value is -1.46. The number of aryl methyl sites for hydroxylation is 1. The average molecular weight is 230 g/mol. The van der Waals surface area contributed by atoms with Gasteiger partial charge >= 0.3 is 0 Å². The topological polar surface area (TPSA) is 29.5 Å². The van der Waals surface area contributed by atoms with Crippen molar-refractivity contribution in [1.82, 2.24) is 0 Å². The molecule has 0 fully saturated rings. The Labute approximate surface area is 103 Å². The summed E-state index contributed by atoms with van der Waals surface area (Å²) >= 11 is 0. The molecule has 0 aromatic heterocycles. The lowest BCUT2D eigenvalue weighted by atomic mass is 9.89. The first-order valence-corrected chi connectivity index (χ1v) is 6.14. The van der Waals surface area contributed by atoms with E-state index in [-0.39, 0.29) is 6.10 Å². The predicted molar refractivity (Wildman–Crippen MR) is 67.9 cm³/mol. The van der Waals surface area contributed by atoms with Gasteiger partial charge in [0.2, 0.25) is 0 Å². The first kappa shape index (κ1) is 12.0. The minimum absolute atomic E-state index is 0.293. The number of aliphatic hydroxyl groups excluding tert-OH is 1. The molecular weight excluding hydrogens is 212 g/mol. The highest BCUT2D eigenvalue weighted by atomic mass is 16.5. The lowest BCUT2D eigenvalue weighted by molar-refractivity contribution is 0.156. The van der Waals surface area contributed by atoms with Gasteiger partial charge in [-0.1, -0.05) is 6.07 Å². The fourth-order valence-electron chi connectivity index (χ4n) is 2.20. The zero-order valence-electron chi connectivity index (χ0n) is 10.2. The van der Waals surface area contributed by atoms with Crippen LogP contribution in [0.2, 0.25) is 0 Å². The fraction of sp³-hybridized carbons (Fsp3) is 0.467. The maximum absolute atomic E-state index is 9.84. The molecule has 0 spiro atoms. The molecule has 0 saturated carbocycles. The summed E-state index contributed by atoms with van der Waals surface area (Å²) in [6.07, 6.45) is 3.44. The van der Waals surface area contributed by atoms with E-state index in [1.807, 2.05) is 19.1 Å². The molecule has 2 nitrogen and oxygen atoms in total. The molecule has 2 heteroatoms. The molecule has 1 aliphatic rings. The number of rotatable bonds is 3. The third-order valence-corrected chi connectivity index (χ3v) is 3.07. The van der Waals surface area contributed by atoms with E-state index >= 15 is 0 Å². The number of hydrogen-bond acceptors (Lipinski definition) is 2. The number of fused-ring (bicyclic) bond motifs is 1. The zero-order chi connectivity index (χ0) is 12.1. The summed E-state index contributed by atoms with van der Waals surface area (Å²) in [7, 11) is 0. The Kier molecular flexibility index (Phi) is 4.06. The van der Waals surface area contributed by atoms with Gasteiger partial charge in [0, 0.05) is 6.42 Å². The summed E-state index contributed by atoms with van der Waals surface area (Å²) in [6, 6.07) is 5.98. The largest absolute Gasteiger partial charge is 0.493 e. The highest BCUT2D eigenvalue weighted by Crippen LogP contribution is 2.31. The summed E-state index contributed by atoms with van der Waals surface area (Å²) in [5.41, 5.74) is 2.29. The maximum Gasteiger partial charge on any atom is 0.119 e. The van der Waals surface area contributed by atoms with Gasteiger partial charge in [-0.25, -0.2) is 0 Å². The van der Waals surface area contributed by atoms with Gasteiger partial charge in [0.25, 0.3) is 0 Å². The average Bonchev–Trinajstić information content (AvgIpc) is 2.35. The number of ether oxygens (including phenoxy) is 1. The Morgan fingerprint density at radius 2 is 2.35 bits per heavy atom. The molecule has 1 N–H and O–H groups in total. The molecule has 0 heterocycles. The zero-order valence-corrected chi connectivity index (χ0v) is 10.2. The molecule has 0 saturated heterocycles. The fourth-order valence-corrected chi connectivity index (χ4v) is 2.20. The van der Waals surface area contributed by atoms with Crippen LogP contribution in [-0.4, -0.2) is 11.7 Å². The van der Waals surface area contributed by atoms with Crippen molar-refractivity contribution in [3.05, 3.63) is 29.3 Å². The lowest BCUT2D eigenvalue weighted by Gasteiger charge is -2.21. The van der Waals surface area contributed by atoms with E-state index in [1.165, 1.54) is 5.56 Å². The van der Waals surface area contributed by atoms with Gasteiger partial charge in [0.05, 0.1) is 12.7 Å². The minimum Gasteiger partial charge on any atom is -0.493 e. The van der Waals surface area contributed by atoms with Crippen molar-refractivity contribution in [1.29, 1.82) is 0 Å². The molecule has 90 valence electrons. The van der Waals surface area contributed by atoms with Crippen molar-refractivity contribution in [3.8, 4) is 17.6 Å². The van der Waals surface area contributed by atoms with E-state index in [0.29, 0.717) is 6.61 Å². The summed E-state index contributed by atoms with van der Waals surface area (Å²) < 4.78 is 5.63. The highest BCUT2D eigenvalue weighted by Gasteiger charge is 2.17. The lowest BCUT2D eigenvalue weighted by Crippen LogP contribution is -2.09. The molecule has 1 unspecified atom stereocenters. The van der Waals surface area contributed by atoms with Crippen LogP contribution in [0.3, 0.4) is 0 Å². The first-order chi connectivity index (χ1) is 8.31. The predicted octanol–water partition coefficient (Wildman–Crippen LogP) is 2.85. The first-order valence-electron chi connectivity index (χ1n) is 6.14. The van der Waals surface area contributed by atoms with Gasteiger partial charge in [-0.3, -0.25) is 0 Å². The van der Waals surface area contributed by atoms with Gasteiger partial charge in [-0.2, -0.15) is 0 Å². The van der Waals surface area contributed by atoms with Crippen molar-refractivity contribution in [2.24, 2.45) is 0 Å². The van der Waals surface area contributed by atoms with Gasteiger partial charge in [-0.15, -0.1) is 11.8 Å². The number of aliphatic hydroxyl groups is 1. The third kappa shape index (κ3) is 3.01. The Morgan fingerprint density at radius 1 is 1.47 bits per heavy atom. The number of benzene rings is 1. The molecule has 1 aromatic rings. The summed E-state index contributed by atoms with van der Waals surface area (Å²) in [5.74, 6) is 6.70. The molecule has 0 radical (unpaired) electrons. The molecule has 0 aliphatic heterocycles. The van der Waals surface area contributed by atoms with Crippen LogP contribution in [0.1, 0.15) is 43.4 Å². The minimum atomic E-state index is -0.293. The summed E-state index contributed by atoms with van der Waals surface area (Å²) in [5, 5.41) is 9.84. The van der Waals surface area contributed by atoms with E-state index in [2.05, 4.69) is 17.9 Å². The van der Waals surface area contributed by atoms with Crippen LogP contribution in [-0.2, 0) is 6.42 Å². The van der Waals surface area contributed by atoms with Gasteiger partial charge in [-0.05, 0) is 49.4 Å². The Balaban J connectivity index is 2.02. The van der Waals surface area contributed by atoms with Crippen LogP contribution in [0.5, 0.6) is 5.75 Å². The maximum atomic E-state index is 9.84. The molecule has 0 amide bonds. The molecular formula is C15H18O2. The second-order valence-electron chi connectivity index (χ2n) is 4.29. The molecule has 1 aliphatic carbocycles. The van der Waals surface area contributed by atoms with Crippen molar-refractivity contribution in [3.63, 3.8) is 0 Å². The smallest absolute Gasteiger partial charge is 0.119 e. The van der Waals surface area contributed by atoms with Crippen molar-refractivity contribution in [2.75, 3.05) is 6.61 Å². The highest BCUT2D eigenvalue weighted by molar-refractivity contribution is 5.38. The van der Waals surface area contributed by atoms with E-state index < -0.39 is 0 Å². The van der Waals surface area contributed by atoms with Gasteiger partial charge < -0.3 is 9.84 Å². The summed E-state index contributed by atoms with van der Waals surface area (Å²) in [6.45, 7) is 2.46. The monoisotopic (exact) mass is 230 g/mol. The standard InChI is InChI=1S/C15H18O2/c1-2-3-4-10-17-13-8-9-14-12(11-13)6-5-7-15(14)16/h8-9,11,15-16H,4-7,10H2,1H3. The summed E-state index contributed by atoms with van der Waals surface area (Å²) in [4.78, 5) is 0. The quantitative estimate of drug-likeness (QED) is 0.639. The second-order valence-corrected chi connectivity index (χ2v) is 4.29. The SMILES string of the molecule is CC#CCCOc1ccc2c(c1)CCCC2O. The van der Waals surface area contributed by atoms with Crippen molar-refractivity contribution in [2.45, 2.75) is 38.7 Å². The number of hydrogen-bond donors (Lipinski definition) is 1. The Bertz CT molecular complexity index is 440. The molecule has 0 bridgehead atoms.